The third-order valence-electron chi connectivity index (χ3n) is 5.35. The van der Waals surface area contributed by atoms with Gasteiger partial charge in [0, 0.05) is 37.9 Å². The van der Waals surface area contributed by atoms with E-state index in [1.54, 1.807) is 17.0 Å². The number of nitrogens with one attached hydrogen (secondary N) is 1. The van der Waals surface area contributed by atoms with Crippen LogP contribution < -0.4 is 5.32 Å². The SMILES string of the molecule is O=C(NCCC[C@@H]1CCOC1)N1CCC(O)(c2ccc(Cl)cc2)CC1. The lowest BCUT2D eigenvalue weighted by Gasteiger charge is -2.38. The number of hydrogen-bond acceptors (Lipinski definition) is 3. The van der Waals surface area contributed by atoms with Crippen molar-refractivity contribution in [3.05, 3.63) is 34.9 Å². The number of aliphatic hydroxyl groups is 1. The zero-order chi connectivity index (χ0) is 17.7. The Kier molecular flexibility index (Phi) is 6.20. The lowest BCUT2D eigenvalue weighted by molar-refractivity contribution is -0.0167. The fourth-order valence-corrected chi connectivity index (χ4v) is 3.76. The molecule has 5 nitrogen and oxygen atoms in total. The van der Waals surface area contributed by atoms with E-state index >= 15 is 0 Å². The first-order chi connectivity index (χ1) is 12.1. The van der Waals surface area contributed by atoms with Crippen molar-refractivity contribution < 1.29 is 14.6 Å². The van der Waals surface area contributed by atoms with Crippen LogP contribution in [0, 0.1) is 5.92 Å². The van der Waals surface area contributed by atoms with Crippen molar-refractivity contribution >= 4 is 17.6 Å². The molecular weight excluding hydrogens is 340 g/mol. The summed E-state index contributed by atoms with van der Waals surface area (Å²) in [5, 5.41) is 14.5. The second kappa shape index (κ2) is 8.39. The summed E-state index contributed by atoms with van der Waals surface area (Å²) >= 11 is 5.91. The van der Waals surface area contributed by atoms with E-state index < -0.39 is 5.60 Å². The topological polar surface area (TPSA) is 61.8 Å². The molecule has 138 valence electrons. The molecule has 0 unspecified atom stereocenters. The number of urea groups is 1. The normalized spacial score (nSPS) is 22.8. The van der Waals surface area contributed by atoms with E-state index in [4.69, 9.17) is 16.3 Å². The maximum Gasteiger partial charge on any atom is 0.317 e. The molecule has 0 aromatic heterocycles. The molecule has 0 aliphatic carbocycles. The van der Waals surface area contributed by atoms with Crippen LogP contribution >= 0.6 is 11.6 Å². The summed E-state index contributed by atoms with van der Waals surface area (Å²) in [4.78, 5) is 14.1. The highest BCUT2D eigenvalue weighted by molar-refractivity contribution is 6.30. The zero-order valence-corrected chi connectivity index (χ0v) is 15.3. The van der Waals surface area contributed by atoms with Gasteiger partial charge in [-0.3, -0.25) is 0 Å². The van der Waals surface area contributed by atoms with Gasteiger partial charge in [-0.05, 0) is 55.7 Å². The van der Waals surface area contributed by atoms with Gasteiger partial charge in [-0.1, -0.05) is 23.7 Å². The Morgan fingerprint density at radius 2 is 2.04 bits per heavy atom. The van der Waals surface area contributed by atoms with Crippen molar-refractivity contribution in [1.82, 2.24) is 10.2 Å². The molecule has 0 bridgehead atoms. The molecule has 1 atom stereocenters. The smallest absolute Gasteiger partial charge is 0.317 e. The predicted octanol–water partition coefficient (Wildman–Crippen LogP) is 3.15. The van der Waals surface area contributed by atoms with Crippen LogP contribution in [0.25, 0.3) is 0 Å². The van der Waals surface area contributed by atoms with Gasteiger partial charge in [-0.15, -0.1) is 0 Å². The highest BCUT2D eigenvalue weighted by atomic mass is 35.5. The van der Waals surface area contributed by atoms with Crippen LogP contribution in [0.1, 0.15) is 37.7 Å². The summed E-state index contributed by atoms with van der Waals surface area (Å²) in [7, 11) is 0. The van der Waals surface area contributed by atoms with Gasteiger partial charge in [0.15, 0.2) is 0 Å². The summed E-state index contributed by atoms with van der Waals surface area (Å²) in [5.41, 5.74) is -0.000132. The number of halogens is 1. The van der Waals surface area contributed by atoms with Gasteiger partial charge in [-0.25, -0.2) is 4.79 Å². The third-order valence-corrected chi connectivity index (χ3v) is 5.60. The molecular formula is C19H27ClN2O3. The molecule has 1 aromatic carbocycles. The lowest BCUT2D eigenvalue weighted by Crippen LogP contribution is -2.48. The molecule has 2 N–H and O–H groups in total. The monoisotopic (exact) mass is 366 g/mol. The van der Waals surface area contributed by atoms with E-state index in [0.29, 0.717) is 43.4 Å². The van der Waals surface area contributed by atoms with E-state index in [1.165, 1.54) is 0 Å². The average Bonchev–Trinajstić information content (AvgIpc) is 3.13. The molecule has 2 heterocycles. The number of ether oxygens (including phenoxy) is 1. The number of carbonyl (C=O) groups is 1. The molecule has 6 heteroatoms. The number of hydrogen-bond donors (Lipinski definition) is 2. The van der Waals surface area contributed by atoms with E-state index in [1.807, 2.05) is 12.1 Å². The summed E-state index contributed by atoms with van der Waals surface area (Å²) in [5.74, 6) is 0.654. The highest BCUT2D eigenvalue weighted by Crippen LogP contribution is 2.33. The van der Waals surface area contributed by atoms with Crippen LogP contribution in [0.4, 0.5) is 4.79 Å². The quantitative estimate of drug-likeness (QED) is 0.787. The second-order valence-corrected chi connectivity index (χ2v) is 7.57. The standard InChI is InChI=1S/C19H27ClN2O3/c20-17-5-3-16(4-6-17)19(24)8-11-22(12-9-19)18(23)21-10-1-2-15-7-13-25-14-15/h3-6,15,24H,1-2,7-14H2,(H,21,23)/t15-/m1/s1. The Hall–Kier alpha value is -1.30. The summed E-state index contributed by atoms with van der Waals surface area (Å²) in [6.45, 7) is 3.56. The Morgan fingerprint density at radius 3 is 2.68 bits per heavy atom. The van der Waals surface area contributed by atoms with Crippen molar-refractivity contribution in [2.24, 2.45) is 5.92 Å². The zero-order valence-electron chi connectivity index (χ0n) is 14.5. The molecule has 2 saturated heterocycles. The molecule has 3 rings (SSSR count). The predicted molar refractivity (Wildman–Crippen MR) is 97.7 cm³/mol. The van der Waals surface area contributed by atoms with Crippen LogP contribution in [0.2, 0.25) is 5.02 Å². The first kappa shape index (κ1) is 18.5. The van der Waals surface area contributed by atoms with Crippen molar-refractivity contribution in [2.75, 3.05) is 32.8 Å². The molecule has 0 saturated carbocycles. The fourth-order valence-electron chi connectivity index (χ4n) is 3.64. The number of carbonyl (C=O) groups excluding carboxylic acids is 1. The fraction of sp³-hybridized carbons (Fsp3) is 0.632. The van der Waals surface area contributed by atoms with Gasteiger partial charge >= 0.3 is 6.03 Å². The van der Waals surface area contributed by atoms with Crippen LogP contribution in [0.5, 0.6) is 0 Å². The molecule has 2 amide bonds. The molecule has 25 heavy (non-hydrogen) atoms. The minimum Gasteiger partial charge on any atom is -0.385 e. The van der Waals surface area contributed by atoms with Crippen molar-refractivity contribution in [3.8, 4) is 0 Å². The van der Waals surface area contributed by atoms with Gasteiger partial charge in [0.1, 0.15) is 0 Å². The van der Waals surface area contributed by atoms with Crippen LogP contribution in [-0.4, -0.2) is 48.9 Å². The number of rotatable bonds is 5. The van der Waals surface area contributed by atoms with E-state index in [9.17, 15) is 9.90 Å². The first-order valence-corrected chi connectivity index (χ1v) is 9.53. The number of piperidine rings is 1. The minimum absolute atomic E-state index is 0.0270. The van der Waals surface area contributed by atoms with Gasteiger partial charge in [0.05, 0.1) is 5.60 Å². The first-order valence-electron chi connectivity index (χ1n) is 9.16. The van der Waals surface area contributed by atoms with E-state index in [2.05, 4.69) is 5.32 Å². The molecule has 2 fully saturated rings. The second-order valence-electron chi connectivity index (χ2n) is 7.13. The third kappa shape index (κ3) is 4.87. The average molecular weight is 367 g/mol. The number of amides is 2. The number of benzene rings is 1. The highest BCUT2D eigenvalue weighted by Gasteiger charge is 2.35. The van der Waals surface area contributed by atoms with E-state index in [0.717, 1.165) is 38.0 Å². The van der Waals surface area contributed by atoms with Crippen molar-refractivity contribution in [2.45, 2.75) is 37.7 Å². The van der Waals surface area contributed by atoms with Crippen LogP contribution in [-0.2, 0) is 10.3 Å². The van der Waals surface area contributed by atoms with Gasteiger partial charge < -0.3 is 20.1 Å². The number of nitrogens with zero attached hydrogens (tertiary/aromatic N) is 1. The minimum atomic E-state index is -0.871. The molecule has 0 spiro atoms. The molecule has 0 radical (unpaired) electrons. The van der Waals surface area contributed by atoms with E-state index in [-0.39, 0.29) is 6.03 Å². The lowest BCUT2D eigenvalue weighted by atomic mass is 9.84. The van der Waals surface area contributed by atoms with Gasteiger partial charge in [-0.2, -0.15) is 0 Å². The summed E-state index contributed by atoms with van der Waals surface area (Å²) < 4.78 is 5.37. The Balaban J connectivity index is 1.40. The molecule has 2 aliphatic rings. The van der Waals surface area contributed by atoms with Crippen molar-refractivity contribution in [1.29, 1.82) is 0 Å². The van der Waals surface area contributed by atoms with Crippen molar-refractivity contribution in [3.63, 3.8) is 0 Å². The Morgan fingerprint density at radius 1 is 1.32 bits per heavy atom. The molecule has 2 aliphatic heterocycles. The van der Waals surface area contributed by atoms with Crippen LogP contribution in [0.3, 0.4) is 0 Å². The molecule has 1 aromatic rings. The summed E-state index contributed by atoms with van der Waals surface area (Å²) in [6, 6.07) is 7.29. The van der Waals surface area contributed by atoms with Gasteiger partial charge in [0.25, 0.3) is 0 Å². The van der Waals surface area contributed by atoms with Crippen LogP contribution in [0.15, 0.2) is 24.3 Å². The maximum atomic E-state index is 12.3. The number of likely N-dealkylation sites (tertiary alicyclic amines) is 1. The Bertz CT molecular complexity index is 565. The Labute approximate surface area is 154 Å². The maximum absolute atomic E-state index is 12.3. The van der Waals surface area contributed by atoms with Gasteiger partial charge in [0.2, 0.25) is 0 Å². The summed E-state index contributed by atoms with van der Waals surface area (Å²) in [6.07, 6.45) is 4.32. The largest absolute Gasteiger partial charge is 0.385 e.